The molecule has 0 aliphatic carbocycles. The van der Waals surface area contributed by atoms with Crippen molar-refractivity contribution in [3.8, 4) is 17.6 Å². The summed E-state index contributed by atoms with van der Waals surface area (Å²) in [5.41, 5.74) is 0.978. The van der Waals surface area contributed by atoms with Gasteiger partial charge in [-0.05, 0) is 48.9 Å². The van der Waals surface area contributed by atoms with Crippen molar-refractivity contribution in [1.82, 2.24) is 0 Å². The molecule has 0 aliphatic rings. The van der Waals surface area contributed by atoms with Crippen molar-refractivity contribution in [3.05, 3.63) is 58.6 Å². The maximum atomic E-state index is 12.2. The SMILES string of the molecule is CCOc1cc(/C=C(\C#N)C(=O)Nc2cccc(Cl)c2)ccc1O. The second-order valence-corrected chi connectivity index (χ2v) is 5.23. The third kappa shape index (κ3) is 4.51. The van der Waals surface area contributed by atoms with Gasteiger partial charge in [-0.15, -0.1) is 0 Å². The number of nitriles is 1. The van der Waals surface area contributed by atoms with E-state index in [1.807, 2.05) is 6.07 Å². The molecule has 0 saturated heterocycles. The smallest absolute Gasteiger partial charge is 0.266 e. The Morgan fingerprint density at radius 1 is 1.38 bits per heavy atom. The van der Waals surface area contributed by atoms with Crippen LogP contribution in [0.15, 0.2) is 48.0 Å². The Bertz CT molecular complexity index is 825. The van der Waals surface area contributed by atoms with Crippen LogP contribution in [0.2, 0.25) is 5.02 Å². The third-order valence-corrected chi connectivity index (χ3v) is 3.28. The number of carbonyl (C=O) groups is 1. The van der Waals surface area contributed by atoms with Gasteiger partial charge in [0.15, 0.2) is 11.5 Å². The third-order valence-electron chi connectivity index (χ3n) is 3.04. The fourth-order valence-electron chi connectivity index (χ4n) is 1.97. The van der Waals surface area contributed by atoms with Crippen LogP contribution < -0.4 is 10.1 Å². The number of phenols is 1. The molecule has 0 atom stereocenters. The van der Waals surface area contributed by atoms with Gasteiger partial charge in [0, 0.05) is 10.7 Å². The van der Waals surface area contributed by atoms with Crippen LogP contribution in [-0.4, -0.2) is 17.6 Å². The Morgan fingerprint density at radius 3 is 2.83 bits per heavy atom. The van der Waals surface area contributed by atoms with Crippen molar-refractivity contribution in [1.29, 1.82) is 5.26 Å². The lowest BCUT2D eigenvalue weighted by molar-refractivity contribution is -0.112. The molecular weight excluding hydrogens is 328 g/mol. The van der Waals surface area contributed by atoms with E-state index in [9.17, 15) is 15.2 Å². The first-order valence-corrected chi connectivity index (χ1v) is 7.55. The number of ether oxygens (including phenoxy) is 1. The number of nitrogens with zero attached hydrogens (tertiary/aromatic N) is 1. The van der Waals surface area contributed by atoms with Crippen molar-refractivity contribution in [2.24, 2.45) is 0 Å². The van der Waals surface area contributed by atoms with Crippen molar-refractivity contribution in [2.75, 3.05) is 11.9 Å². The molecule has 0 aliphatic heterocycles. The summed E-state index contributed by atoms with van der Waals surface area (Å²) in [4.78, 5) is 12.2. The summed E-state index contributed by atoms with van der Waals surface area (Å²) >= 11 is 5.86. The number of aromatic hydroxyl groups is 1. The molecule has 0 fully saturated rings. The summed E-state index contributed by atoms with van der Waals surface area (Å²) in [5.74, 6) is -0.263. The molecule has 0 spiro atoms. The Hall–Kier alpha value is -2.97. The zero-order chi connectivity index (χ0) is 17.5. The Balaban J connectivity index is 2.24. The van der Waals surface area contributed by atoms with Crippen molar-refractivity contribution < 1.29 is 14.6 Å². The van der Waals surface area contributed by atoms with Gasteiger partial charge in [0.2, 0.25) is 0 Å². The Morgan fingerprint density at radius 2 is 2.17 bits per heavy atom. The van der Waals surface area contributed by atoms with E-state index in [1.54, 1.807) is 43.3 Å². The molecule has 2 aromatic carbocycles. The fourth-order valence-corrected chi connectivity index (χ4v) is 2.16. The number of carbonyl (C=O) groups excluding carboxylic acids is 1. The molecule has 24 heavy (non-hydrogen) atoms. The van der Waals surface area contributed by atoms with Gasteiger partial charge in [-0.3, -0.25) is 4.79 Å². The summed E-state index contributed by atoms with van der Waals surface area (Å²) in [6, 6.07) is 13.1. The van der Waals surface area contributed by atoms with Gasteiger partial charge < -0.3 is 15.2 Å². The van der Waals surface area contributed by atoms with Crippen LogP contribution in [0.1, 0.15) is 12.5 Å². The lowest BCUT2D eigenvalue weighted by Gasteiger charge is -2.07. The monoisotopic (exact) mass is 342 g/mol. The molecule has 0 unspecified atom stereocenters. The fraction of sp³-hybridized carbons (Fsp3) is 0.111. The average molecular weight is 343 g/mol. The first kappa shape index (κ1) is 17.4. The highest BCUT2D eigenvalue weighted by Gasteiger charge is 2.11. The summed E-state index contributed by atoms with van der Waals surface area (Å²) in [5, 5.41) is 22.0. The highest BCUT2D eigenvalue weighted by molar-refractivity contribution is 6.31. The molecule has 0 bridgehead atoms. The molecule has 5 nitrogen and oxygen atoms in total. The van der Waals surface area contributed by atoms with Crippen LogP contribution in [0.4, 0.5) is 5.69 Å². The zero-order valence-corrected chi connectivity index (χ0v) is 13.7. The number of phenolic OH excluding ortho intramolecular Hbond substituents is 1. The molecule has 6 heteroatoms. The number of hydrogen-bond donors (Lipinski definition) is 2. The minimum Gasteiger partial charge on any atom is -0.504 e. The van der Waals surface area contributed by atoms with Gasteiger partial charge in [-0.2, -0.15) is 5.26 Å². The summed E-state index contributed by atoms with van der Waals surface area (Å²) in [7, 11) is 0. The summed E-state index contributed by atoms with van der Waals surface area (Å²) < 4.78 is 5.28. The molecule has 2 rings (SSSR count). The quantitative estimate of drug-likeness (QED) is 0.635. The van der Waals surface area contributed by atoms with Gasteiger partial charge in [0.05, 0.1) is 6.61 Å². The van der Waals surface area contributed by atoms with Crippen LogP contribution in [0.3, 0.4) is 0 Å². The Labute approximate surface area is 144 Å². The number of halogens is 1. The largest absolute Gasteiger partial charge is 0.504 e. The van der Waals surface area contributed by atoms with Gasteiger partial charge in [0.1, 0.15) is 11.6 Å². The molecule has 122 valence electrons. The number of benzene rings is 2. The molecule has 0 aromatic heterocycles. The zero-order valence-electron chi connectivity index (χ0n) is 12.9. The summed E-state index contributed by atoms with van der Waals surface area (Å²) in [6.45, 7) is 2.18. The number of nitrogens with one attached hydrogen (secondary N) is 1. The van der Waals surface area contributed by atoms with Gasteiger partial charge in [-0.25, -0.2) is 0 Å². The second kappa shape index (κ2) is 8.04. The van der Waals surface area contributed by atoms with Crippen molar-refractivity contribution in [2.45, 2.75) is 6.92 Å². The molecule has 1 amide bonds. The maximum absolute atomic E-state index is 12.2. The van der Waals surface area contributed by atoms with E-state index in [0.29, 0.717) is 28.6 Å². The van der Waals surface area contributed by atoms with Crippen molar-refractivity contribution in [3.63, 3.8) is 0 Å². The van der Waals surface area contributed by atoms with Gasteiger partial charge >= 0.3 is 0 Å². The maximum Gasteiger partial charge on any atom is 0.266 e. The second-order valence-electron chi connectivity index (χ2n) is 4.79. The van der Waals surface area contributed by atoms with Crippen LogP contribution >= 0.6 is 11.6 Å². The predicted octanol–water partition coefficient (Wildman–Crippen LogP) is 3.99. The summed E-state index contributed by atoms with van der Waals surface area (Å²) in [6.07, 6.45) is 1.42. The standard InChI is InChI=1S/C18H15ClN2O3/c1-2-24-17-9-12(6-7-16(17)22)8-13(11-20)18(23)21-15-5-3-4-14(19)10-15/h3-10,22H,2H2,1H3,(H,21,23)/b13-8+. The Kier molecular flexibility index (Phi) is 5.83. The highest BCUT2D eigenvalue weighted by Crippen LogP contribution is 2.27. The van der Waals surface area contributed by atoms with E-state index in [4.69, 9.17) is 16.3 Å². The van der Waals surface area contributed by atoms with Crippen LogP contribution in [0.25, 0.3) is 6.08 Å². The van der Waals surface area contributed by atoms with E-state index in [2.05, 4.69) is 5.32 Å². The van der Waals surface area contributed by atoms with E-state index in [-0.39, 0.29) is 11.3 Å². The van der Waals surface area contributed by atoms with E-state index in [1.165, 1.54) is 12.1 Å². The highest BCUT2D eigenvalue weighted by atomic mass is 35.5. The molecule has 2 aromatic rings. The lowest BCUT2D eigenvalue weighted by Crippen LogP contribution is -2.13. The molecular formula is C18H15ClN2O3. The molecule has 0 heterocycles. The van der Waals surface area contributed by atoms with E-state index < -0.39 is 5.91 Å². The normalized spacial score (nSPS) is 10.8. The minimum atomic E-state index is -0.550. The van der Waals surface area contributed by atoms with Crippen LogP contribution in [0.5, 0.6) is 11.5 Å². The first-order valence-electron chi connectivity index (χ1n) is 7.18. The van der Waals surface area contributed by atoms with E-state index in [0.717, 1.165) is 0 Å². The number of anilines is 1. The lowest BCUT2D eigenvalue weighted by atomic mass is 10.1. The first-order chi connectivity index (χ1) is 11.5. The van der Waals surface area contributed by atoms with E-state index >= 15 is 0 Å². The molecule has 2 N–H and O–H groups in total. The number of amides is 1. The van der Waals surface area contributed by atoms with Gasteiger partial charge in [-0.1, -0.05) is 23.7 Å². The van der Waals surface area contributed by atoms with Crippen LogP contribution in [-0.2, 0) is 4.79 Å². The predicted molar refractivity (Wildman–Crippen MR) is 92.9 cm³/mol. The number of hydrogen-bond acceptors (Lipinski definition) is 4. The molecule has 0 saturated carbocycles. The number of rotatable bonds is 5. The average Bonchev–Trinajstić information content (AvgIpc) is 2.55. The molecule has 0 radical (unpaired) electrons. The van der Waals surface area contributed by atoms with Gasteiger partial charge in [0.25, 0.3) is 5.91 Å². The topological polar surface area (TPSA) is 82.3 Å². The minimum absolute atomic E-state index is 0.00381. The van der Waals surface area contributed by atoms with Crippen LogP contribution in [0, 0.1) is 11.3 Å². The van der Waals surface area contributed by atoms with Crippen molar-refractivity contribution >= 4 is 29.3 Å².